The summed E-state index contributed by atoms with van der Waals surface area (Å²) in [6.45, 7) is 2.51. The molecule has 0 spiro atoms. The third-order valence-corrected chi connectivity index (χ3v) is 3.47. The second-order valence-electron chi connectivity index (χ2n) is 5.11. The van der Waals surface area contributed by atoms with Crippen molar-refractivity contribution in [1.82, 2.24) is 5.32 Å². The number of benzene rings is 1. The normalized spacial score (nSPS) is 18.2. The number of halogens is 1. The summed E-state index contributed by atoms with van der Waals surface area (Å²) in [5, 5.41) is 2.92. The van der Waals surface area contributed by atoms with E-state index in [2.05, 4.69) is 5.32 Å². The lowest BCUT2D eigenvalue weighted by atomic mass is 9.95. The lowest BCUT2D eigenvalue weighted by Gasteiger charge is -2.16. The number of carbonyl (C=O) groups excluding carboxylic acids is 1. The van der Waals surface area contributed by atoms with E-state index in [0.717, 1.165) is 24.8 Å². The second-order valence-corrected chi connectivity index (χ2v) is 5.11. The molecule has 18 heavy (non-hydrogen) atoms. The van der Waals surface area contributed by atoms with E-state index in [4.69, 9.17) is 5.73 Å². The maximum Gasteiger partial charge on any atom is 0.230 e. The van der Waals surface area contributed by atoms with Gasteiger partial charge in [-0.25, -0.2) is 4.39 Å². The first-order chi connectivity index (χ1) is 8.54. The van der Waals surface area contributed by atoms with Crippen LogP contribution in [0.4, 0.5) is 4.39 Å². The third kappa shape index (κ3) is 2.70. The lowest BCUT2D eigenvalue weighted by Crippen LogP contribution is -2.36. The summed E-state index contributed by atoms with van der Waals surface area (Å²) in [6.07, 6.45) is 2.44. The molecule has 1 unspecified atom stereocenters. The molecule has 0 saturated heterocycles. The van der Waals surface area contributed by atoms with Crippen LogP contribution in [0.25, 0.3) is 0 Å². The Morgan fingerprint density at radius 2 is 2.06 bits per heavy atom. The Hall–Kier alpha value is -1.42. The van der Waals surface area contributed by atoms with Crippen molar-refractivity contribution >= 4 is 5.91 Å². The predicted octanol–water partition coefficient (Wildman–Crippen LogP) is 1.71. The number of amides is 1. The van der Waals surface area contributed by atoms with Gasteiger partial charge >= 0.3 is 0 Å². The number of hydrogen-bond donors (Lipinski definition) is 2. The molecule has 1 aliphatic rings. The van der Waals surface area contributed by atoms with Gasteiger partial charge in [0.05, 0.1) is 5.41 Å². The smallest absolute Gasteiger partial charge is 0.230 e. The summed E-state index contributed by atoms with van der Waals surface area (Å²) in [7, 11) is 0. The Morgan fingerprint density at radius 3 is 2.56 bits per heavy atom. The molecule has 0 aromatic heterocycles. The van der Waals surface area contributed by atoms with Gasteiger partial charge < -0.3 is 11.1 Å². The average Bonchev–Trinajstić information content (AvgIpc) is 3.10. The number of hydrogen-bond acceptors (Lipinski definition) is 2. The molecule has 1 fully saturated rings. The molecule has 0 bridgehead atoms. The molecule has 98 valence electrons. The van der Waals surface area contributed by atoms with Gasteiger partial charge in [-0.1, -0.05) is 12.1 Å². The SMILES string of the molecule is CC(N)CCNC(=O)C1(c2ccc(F)cc2)CC1. The fourth-order valence-electron chi connectivity index (χ4n) is 2.12. The van der Waals surface area contributed by atoms with Gasteiger partial charge in [0.15, 0.2) is 0 Å². The van der Waals surface area contributed by atoms with E-state index in [-0.39, 0.29) is 17.8 Å². The molecule has 1 amide bonds. The van der Waals surface area contributed by atoms with Gasteiger partial charge in [0.1, 0.15) is 5.82 Å². The van der Waals surface area contributed by atoms with Crippen molar-refractivity contribution in [3.63, 3.8) is 0 Å². The molecule has 0 heterocycles. The first-order valence-corrected chi connectivity index (χ1v) is 6.34. The number of nitrogens with one attached hydrogen (secondary N) is 1. The van der Waals surface area contributed by atoms with E-state index < -0.39 is 5.41 Å². The van der Waals surface area contributed by atoms with Gasteiger partial charge in [-0.3, -0.25) is 4.79 Å². The van der Waals surface area contributed by atoms with Crippen LogP contribution >= 0.6 is 0 Å². The van der Waals surface area contributed by atoms with Crippen molar-refractivity contribution in [3.8, 4) is 0 Å². The van der Waals surface area contributed by atoms with Crippen LogP contribution in [0.2, 0.25) is 0 Å². The van der Waals surface area contributed by atoms with Crippen LogP contribution < -0.4 is 11.1 Å². The summed E-state index contributed by atoms with van der Waals surface area (Å²) in [4.78, 5) is 12.1. The molecule has 2 rings (SSSR count). The van der Waals surface area contributed by atoms with Gasteiger partial charge in [0.25, 0.3) is 0 Å². The monoisotopic (exact) mass is 250 g/mol. The maximum absolute atomic E-state index is 12.9. The Morgan fingerprint density at radius 1 is 1.44 bits per heavy atom. The standard InChI is InChI=1S/C14H19FN2O/c1-10(16)6-9-17-13(18)14(7-8-14)11-2-4-12(15)5-3-11/h2-5,10H,6-9,16H2,1H3,(H,17,18). The zero-order valence-electron chi connectivity index (χ0n) is 10.6. The number of rotatable bonds is 5. The van der Waals surface area contributed by atoms with Crippen molar-refractivity contribution in [2.45, 2.75) is 37.6 Å². The van der Waals surface area contributed by atoms with Gasteiger partial charge in [-0.15, -0.1) is 0 Å². The van der Waals surface area contributed by atoms with Crippen LogP contribution in [0, 0.1) is 5.82 Å². The summed E-state index contributed by atoms with van der Waals surface area (Å²) < 4.78 is 12.9. The van der Waals surface area contributed by atoms with Crippen molar-refractivity contribution in [2.24, 2.45) is 5.73 Å². The van der Waals surface area contributed by atoms with E-state index in [9.17, 15) is 9.18 Å². The number of carbonyl (C=O) groups is 1. The molecule has 1 aromatic rings. The van der Waals surface area contributed by atoms with Crippen LogP contribution in [-0.4, -0.2) is 18.5 Å². The van der Waals surface area contributed by atoms with Crippen LogP contribution in [0.1, 0.15) is 31.7 Å². The van der Waals surface area contributed by atoms with E-state index >= 15 is 0 Å². The minimum Gasteiger partial charge on any atom is -0.355 e. The Kier molecular flexibility index (Phi) is 3.66. The highest BCUT2D eigenvalue weighted by molar-refractivity contribution is 5.91. The number of nitrogens with two attached hydrogens (primary N) is 1. The van der Waals surface area contributed by atoms with Gasteiger partial charge in [-0.05, 0) is 43.9 Å². The van der Waals surface area contributed by atoms with E-state index in [1.807, 2.05) is 6.92 Å². The van der Waals surface area contributed by atoms with Crippen molar-refractivity contribution in [3.05, 3.63) is 35.6 Å². The first-order valence-electron chi connectivity index (χ1n) is 6.34. The Balaban J connectivity index is 1.98. The molecule has 3 N–H and O–H groups in total. The summed E-state index contributed by atoms with van der Waals surface area (Å²) >= 11 is 0. The topological polar surface area (TPSA) is 55.1 Å². The van der Waals surface area contributed by atoms with E-state index in [1.165, 1.54) is 12.1 Å². The summed E-state index contributed by atoms with van der Waals surface area (Å²) in [5.74, 6) is -0.235. The van der Waals surface area contributed by atoms with Crippen molar-refractivity contribution in [2.75, 3.05) is 6.54 Å². The van der Waals surface area contributed by atoms with Crippen LogP contribution in [0.3, 0.4) is 0 Å². The fourth-order valence-corrected chi connectivity index (χ4v) is 2.12. The van der Waals surface area contributed by atoms with Crippen molar-refractivity contribution < 1.29 is 9.18 Å². The molecule has 0 radical (unpaired) electrons. The maximum atomic E-state index is 12.9. The fraction of sp³-hybridized carbons (Fsp3) is 0.500. The first kappa shape index (κ1) is 13.0. The third-order valence-electron chi connectivity index (χ3n) is 3.47. The molecule has 4 heteroatoms. The predicted molar refractivity (Wildman–Crippen MR) is 68.6 cm³/mol. The molecule has 1 saturated carbocycles. The highest BCUT2D eigenvalue weighted by Crippen LogP contribution is 2.48. The molecular weight excluding hydrogens is 231 g/mol. The summed E-state index contributed by atoms with van der Waals surface area (Å²) in [5.41, 5.74) is 6.12. The molecule has 1 aromatic carbocycles. The van der Waals surface area contributed by atoms with Crippen LogP contribution in [0.5, 0.6) is 0 Å². The lowest BCUT2D eigenvalue weighted by molar-refractivity contribution is -0.123. The van der Waals surface area contributed by atoms with Crippen LogP contribution in [-0.2, 0) is 10.2 Å². The van der Waals surface area contributed by atoms with Gasteiger partial charge in [0.2, 0.25) is 5.91 Å². The molecule has 1 aliphatic carbocycles. The highest BCUT2D eigenvalue weighted by Gasteiger charge is 2.50. The highest BCUT2D eigenvalue weighted by atomic mass is 19.1. The van der Waals surface area contributed by atoms with E-state index in [0.29, 0.717) is 6.54 Å². The quantitative estimate of drug-likeness (QED) is 0.836. The largest absolute Gasteiger partial charge is 0.355 e. The second kappa shape index (κ2) is 5.06. The van der Waals surface area contributed by atoms with Gasteiger partial charge in [-0.2, -0.15) is 0 Å². The summed E-state index contributed by atoms with van der Waals surface area (Å²) in [6, 6.07) is 6.31. The Labute approximate surface area is 107 Å². The molecular formula is C14H19FN2O. The van der Waals surface area contributed by atoms with Gasteiger partial charge in [0, 0.05) is 12.6 Å². The molecule has 3 nitrogen and oxygen atoms in total. The van der Waals surface area contributed by atoms with Crippen LogP contribution in [0.15, 0.2) is 24.3 Å². The van der Waals surface area contributed by atoms with Crippen molar-refractivity contribution in [1.29, 1.82) is 0 Å². The van der Waals surface area contributed by atoms with E-state index in [1.54, 1.807) is 12.1 Å². The Bertz CT molecular complexity index is 424. The molecule has 0 aliphatic heterocycles. The average molecular weight is 250 g/mol. The zero-order valence-corrected chi connectivity index (χ0v) is 10.6. The minimum absolute atomic E-state index is 0.0368. The minimum atomic E-state index is -0.425. The zero-order chi connectivity index (χ0) is 13.2. The molecule has 1 atom stereocenters.